The highest BCUT2D eigenvalue weighted by molar-refractivity contribution is 5.76. The Bertz CT molecular complexity index is 412. The number of rotatable bonds is 5. The Morgan fingerprint density at radius 2 is 2.53 bits per heavy atom. The molecule has 0 aromatic carbocycles. The summed E-state index contributed by atoms with van der Waals surface area (Å²) < 4.78 is 4.96. The number of nitrogens with zero attached hydrogens (tertiary/aromatic N) is 2. The van der Waals surface area contributed by atoms with Gasteiger partial charge in [-0.2, -0.15) is 4.98 Å². The number of carbonyl (C=O) groups excluding carboxylic acids is 1. The molecule has 0 bridgehead atoms. The van der Waals surface area contributed by atoms with Gasteiger partial charge in [-0.15, -0.1) is 0 Å². The summed E-state index contributed by atoms with van der Waals surface area (Å²) in [5.74, 6) is 1.71. The lowest BCUT2D eigenvalue weighted by Gasteiger charge is -2.07. The van der Waals surface area contributed by atoms with Crippen molar-refractivity contribution in [1.29, 1.82) is 0 Å². The van der Waals surface area contributed by atoms with E-state index in [0.717, 1.165) is 12.8 Å². The first-order valence-electron chi connectivity index (χ1n) is 5.96. The molecule has 0 saturated heterocycles. The van der Waals surface area contributed by atoms with Gasteiger partial charge in [0, 0.05) is 19.4 Å². The van der Waals surface area contributed by atoms with Gasteiger partial charge >= 0.3 is 0 Å². The second-order valence-electron chi connectivity index (χ2n) is 4.30. The van der Waals surface area contributed by atoms with Crippen LogP contribution >= 0.6 is 0 Å². The zero-order chi connectivity index (χ0) is 12.1. The minimum absolute atomic E-state index is 0.0952. The molecule has 0 spiro atoms. The third kappa shape index (κ3) is 3.69. The van der Waals surface area contributed by atoms with Crippen molar-refractivity contribution in [1.82, 2.24) is 15.5 Å². The highest BCUT2D eigenvalue weighted by Gasteiger charge is 2.13. The number of hydrogen-bond acceptors (Lipinski definition) is 4. The highest BCUT2D eigenvalue weighted by atomic mass is 16.5. The van der Waals surface area contributed by atoms with Crippen molar-refractivity contribution in [2.24, 2.45) is 5.92 Å². The molecule has 1 aromatic heterocycles. The summed E-state index contributed by atoms with van der Waals surface area (Å²) in [6.45, 7) is 2.33. The van der Waals surface area contributed by atoms with E-state index in [2.05, 4.69) is 27.6 Å². The Morgan fingerprint density at radius 1 is 1.65 bits per heavy atom. The quantitative estimate of drug-likeness (QED) is 0.783. The fourth-order valence-corrected chi connectivity index (χ4v) is 1.93. The molecule has 0 aliphatic heterocycles. The minimum atomic E-state index is 0.0952. The molecule has 92 valence electrons. The monoisotopic (exact) mass is 235 g/mol. The van der Waals surface area contributed by atoms with Crippen LogP contribution in [0.25, 0.3) is 0 Å². The molecule has 17 heavy (non-hydrogen) atoms. The Kier molecular flexibility index (Phi) is 3.90. The molecule has 2 rings (SSSR count). The lowest BCUT2D eigenvalue weighted by molar-refractivity contribution is -0.121. The van der Waals surface area contributed by atoms with E-state index in [9.17, 15) is 4.79 Å². The fraction of sp³-hybridized carbons (Fsp3) is 0.583. The van der Waals surface area contributed by atoms with Crippen LogP contribution in [0, 0.1) is 12.8 Å². The van der Waals surface area contributed by atoms with Gasteiger partial charge in [0.15, 0.2) is 5.82 Å². The number of nitrogens with one attached hydrogen (secondary N) is 1. The maximum atomic E-state index is 11.6. The fourth-order valence-electron chi connectivity index (χ4n) is 1.93. The van der Waals surface area contributed by atoms with Crippen LogP contribution in [0.5, 0.6) is 0 Å². The molecule has 1 aliphatic carbocycles. The molecule has 1 unspecified atom stereocenters. The molecule has 0 saturated carbocycles. The van der Waals surface area contributed by atoms with Crippen LogP contribution in [0.4, 0.5) is 0 Å². The number of carbonyl (C=O) groups is 1. The minimum Gasteiger partial charge on any atom is -0.356 e. The van der Waals surface area contributed by atoms with Crippen molar-refractivity contribution in [2.45, 2.75) is 32.6 Å². The van der Waals surface area contributed by atoms with Gasteiger partial charge in [0.05, 0.1) is 0 Å². The normalized spacial score (nSPS) is 18.5. The summed E-state index contributed by atoms with van der Waals surface area (Å²) in [4.78, 5) is 15.7. The molecule has 1 heterocycles. The predicted molar refractivity (Wildman–Crippen MR) is 62.2 cm³/mol. The van der Waals surface area contributed by atoms with Crippen LogP contribution in [0.2, 0.25) is 0 Å². The number of amides is 1. The van der Waals surface area contributed by atoms with Crippen molar-refractivity contribution >= 4 is 5.91 Å². The molecule has 5 heteroatoms. The van der Waals surface area contributed by atoms with E-state index in [-0.39, 0.29) is 5.91 Å². The molecule has 1 N–H and O–H groups in total. The van der Waals surface area contributed by atoms with Gasteiger partial charge in [-0.05, 0) is 25.7 Å². The van der Waals surface area contributed by atoms with E-state index in [1.54, 1.807) is 6.92 Å². The summed E-state index contributed by atoms with van der Waals surface area (Å²) in [6, 6.07) is 0. The average Bonchev–Trinajstić information content (AvgIpc) is 2.90. The predicted octanol–water partition coefficient (Wildman–Crippen LogP) is 1.39. The average molecular weight is 235 g/mol. The topological polar surface area (TPSA) is 68.0 Å². The third-order valence-corrected chi connectivity index (χ3v) is 2.79. The molecule has 1 aliphatic rings. The first-order valence-corrected chi connectivity index (χ1v) is 5.96. The van der Waals surface area contributed by atoms with Crippen LogP contribution in [0.3, 0.4) is 0 Å². The van der Waals surface area contributed by atoms with Gasteiger partial charge in [0.25, 0.3) is 0 Å². The van der Waals surface area contributed by atoms with Gasteiger partial charge in [0.2, 0.25) is 11.8 Å². The molecular weight excluding hydrogens is 218 g/mol. The van der Waals surface area contributed by atoms with E-state index in [1.165, 1.54) is 0 Å². The molecule has 0 radical (unpaired) electrons. The highest BCUT2D eigenvalue weighted by Crippen LogP contribution is 2.19. The van der Waals surface area contributed by atoms with E-state index in [4.69, 9.17) is 4.52 Å². The van der Waals surface area contributed by atoms with E-state index in [0.29, 0.717) is 37.0 Å². The van der Waals surface area contributed by atoms with Crippen molar-refractivity contribution in [3.05, 3.63) is 23.9 Å². The second kappa shape index (κ2) is 5.61. The van der Waals surface area contributed by atoms with Gasteiger partial charge in [0.1, 0.15) is 0 Å². The Morgan fingerprint density at radius 3 is 3.18 bits per heavy atom. The molecule has 5 nitrogen and oxygen atoms in total. The first-order chi connectivity index (χ1) is 8.24. The molecule has 0 fully saturated rings. The summed E-state index contributed by atoms with van der Waals surface area (Å²) in [6.07, 6.45) is 7.63. The van der Waals surface area contributed by atoms with E-state index in [1.807, 2.05) is 0 Å². The Balaban J connectivity index is 1.64. The molecular formula is C12H17N3O2. The van der Waals surface area contributed by atoms with Crippen LogP contribution < -0.4 is 5.32 Å². The molecule has 1 amide bonds. The van der Waals surface area contributed by atoms with Crippen molar-refractivity contribution in [3.63, 3.8) is 0 Å². The first kappa shape index (κ1) is 11.8. The van der Waals surface area contributed by atoms with Crippen LogP contribution in [0.1, 0.15) is 31.0 Å². The summed E-state index contributed by atoms with van der Waals surface area (Å²) in [5.41, 5.74) is 0. The zero-order valence-corrected chi connectivity index (χ0v) is 9.98. The van der Waals surface area contributed by atoms with E-state index >= 15 is 0 Å². The van der Waals surface area contributed by atoms with Gasteiger partial charge < -0.3 is 9.84 Å². The second-order valence-corrected chi connectivity index (χ2v) is 4.30. The SMILES string of the molecule is Cc1noc(CCNC(=O)CC2C=CCC2)n1. The lowest BCUT2D eigenvalue weighted by atomic mass is 10.1. The van der Waals surface area contributed by atoms with Gasteiger partial charge in [-0.1, -0.05) is 17.3 Å². The number of allylic oxidation sites excluding steroid dienone is 2. The van der Waals surface area contributed by atoms with E-state index < -0.39 is 0 Å². The van der Waals surface area contributed by atoms with Crippen LogP contribution in [0.15, 0.2) is 16.7 Å². The number of aromatic nitrogens is 2. The Labute approximate surface area is 100 Å². The molecule has 1 aromatic rings. The summed E-state index contributed by atoms with van der Waals surface area (Å²) in [5, 5.41) is 6.56. The summed E-state index contributed by atoms with van der Waals surface area (Å²) in [7, 11) is 0. The Hall–Kier alpha value is -1.65. The van der Waals surface area contributed by atoms with Crippen molar-refractivity contribution in [3.8, 4) is 0 Å². The maximum absolute atomic E-state index is 11.6. The largest absolute Gasteiger partial charge is 0.356 e. The number of hydrogen-bond donors (Lipinski definition) is 1. The van der Waals surface area contributed by atoms with Crippen LogP contribution in [-0.2, 0) is 11.2 Å². The lowest BCUT2D eigenvalue weighted by Crippen LogP contribution is -2.27. The van der Waals surface area contributed by atoms with Crippen molar-refractivity contribution in [2.75, 3.05) is 6.54 Å². The smallest absolute Gasteiger partial charge is 0.228 e. The number of aryl methyl sites for hydroxylation is 1. The zero-order valence-electron chi connectivity index (χ0n) is 9.98. The third-order valence-electron chi connectivity index (χ3n) is 2.79. The molecule has 1 atom stereocenters. The summed E-state index contributed by atoms with van der Waals surface area (Å²) >= 11 is 0. The van der Waals surface area contributed by atoms with Gasteiger partial charge in [-0.3, -0.25) is 4.79 Å². The van der Waals surface area contributed by atoms with Gasteiger partial charge in [-0.25, -0.2) is 0 Å². The van der Waals surface area contributed by atoms with Crippen LogP contribution in [-0.4, -0.2) is 22.6 Å². The maximum Gasteiger partial charge on any atom is 0.228 e. The van der Waals surface area contributed by atoms with Crippen molar-refractivity contribution < 1.29 is 9.32 Å². The standard InChI is InChI=1S/C12H17N3O2/c1-9-14-12(17-15-9)6-7-13-11(16)8-10-4-2-3-5-10/h2,4,10H,3,5-8H2,1H3,(H,13,16).